The van der Waals surface area contributed by atoms with Crippen molar-refractivity contribution in [1.29, 1.82) is 0 Å². The number of hydrogen-bond donors (Lipinski definition) is 2. The third-order valence-electron chi connectivity index (χ3n) is 3.45. The van der Waals surface area contributed by atoms with E-state index in [2.05, 4.69) is 21.2 Å². The Morgan fingerprint density at radius 3 is 2.50 bits per heavy atom. The SMILES string of the molecule is CC1(NC(=O)c2cc(S(N)(=O)=O)cc(Br)c2Cl)CCC1. The summed E-state index contributed by atoms with van der Waals surface area (Å²) in [4.78, 5) is 12.1. The Hall–Kier alpha value is -0.630. The number of sulfonamides is 1. The molecule has 0 heterocycles. The molecule has 3 N–H and O–H groups in total. The van der Waals surface area contributed by atoms with Gasteiger partial charge in [0.2, 0.25) is 10.0 Å². The maximum absolute atomic E-state index is 12.3. The van der Waals surface area contributed by atoms with Crippen molar-refractivity contribution in [2.45, 2.75) is 36.6 Å². The summed E-state index contributed by atoms with van der Waals surface area (Å²) < 4.78 is 23.1. The summed E-state index contributed by atoms with van der Waals surface area (Å²) in [5.41, 5.74) is -0.150. The summed E-state index contributed by atoms with van der Waals surface area (Å²) in [5.74, 6) is -0.400. The van der Waals surface area contributed by atoms with E-state index in [1.54, 1.807) is 0 Å². The van der Waals surface area contributed by atoms with Crippen molar-refractivity contribution in [3.05, 3.63) is 27.2 Å². The zero-order chi connectivity index (χ0) is 15.1. The Morgan fingerprint density at radius 1 is 1.45 bits per heavy atom. The lowest BCUT2D eigenvalue weighted by Crippen LogP contribution is -2.51. The minimum atomic E-state index is -3.90. The topological polar surface area (TPSA) is 89.3 Å². The number of carbonyl (C=O) groups excluding carboxylic acids is 1. The van der Waals surface area contributed by atoms with Crippen LogP contribution < -0.4 is 10.5 Å². The van der Waals surface area contributed by atoms with E-state index in [0.29, 0.717) is 4.47 Å². The molecule has 0 aliphatic heterocycles. The molecule has 1 aromatic rings. The van der Waals surface area contributed by atoms with Crippen LogP contribution in [0, 0.1) is 0 Å². The molecule has 1 aliphatic carbocycles. The normalized spacial score (nSPS) is 17.4. The van der Waals surface area contributed by atoms with Gasteiger partial charge in [0.15, 0.2) is 0 Å². The number of amides is 1. The van der Waals surface area contributed by atoms with Crippen LogP contribution in [0.2, 0.25) is 5.02 Å². The predicted molar refractivity (Wildman–Crippen MR) is 80.2 cm³/mol. The van der Waals surface area contributed by atoms with E-state index in [9.17, 15) is 13.2 Å². The van der Waals surface area contributed by atoms with Gasteiger partial charge >= 0.3 is 0 Å². The molecule has 110 valence electrons. The number of primary sulfonamides is 1. The van der Waals surface area contributed by atoms with Crippen LogP contribution in [0.25, 0.3) is 0 Å². The van der Waals surface area contributed by atoms with Crippen LogP contribution in [0.5, 0.6) is 0 Å². The lowest BCUT2D eigenvalue weighted by molar-refractivity contribution is 0.0850. The first-order valence-corrected chi connectivity index (χ1v) is 8.68. The van der Waals surface area contributed by atoms with Gasteiger partial charge in [-0.05, 0) is 54.2 Å². The first kappa shape index (κ1) is 15.8. The van der Waals surface area contributed by atoms with Crippen LogP contribution in [0.1, 0.15) is 36.5 Å². The van der Waals surface area contributed by atoms with E-state index in [-0.39, 0.29) is 21.0 Å². The fraction of sp³-hybridized carbons (Fsp3) is 0.417. The second kappa shape index (κ2) is 5.29. The van der Waals surface area contributed by atoms with Crippen molar-refractivity contribution in [2.24, 2.45) is 5.14 Å². The average Bonchev–Trinajstić information content (AvgIpc) is 2.28. The Kier molecular flexibility index (Phi) is 4.17. The molecule has 0 unspecified atom stereocenters. The molecule has 0 saturated heterocycles. The van der Waals surface area contributed by atoms with E-state index in [4.69, 9.17) is 16.7 Å². The van der Waals surface area contributed by atoms with E-state index in [1.807, 2.05) is 6.92 Å². The molecule has 0 bridgehead atoms. The largest absolute Gasteiger partial charge is 0.347 e. The van der Waals surface area contributed by atoms with Crippen LogP contribution in [0.4, 0.5) is 0 Å². The smallest absolute Gasteiger partial charge is 0.253 e. The third kappa shape index (κ3) is 3.16. The van der Waals surface area contributed by atoms with Crippen LogP contribution in [-0.4, -0.2) is 19.9 Å². The maximum Gasteiger partial charge on any atom is 0.253 e. The van der Waals surface area contributed by atoms with E-state index in [0.717, 1.165) is 19.3 Å². The Bertz CT molecular complexity index is 672. The lowest BCUT2D eigenvalue weighted by atomic mass is 9.78. The minimum absolute atomic E-state index is 0.0955. The Morgan fingerprint density at radius 2 is 2.05 bits per heavy atom. The van der Waals surface area contributed by atoms with Gasteiger partial charge in [0.1, 0.15) is 0 Å². The first-order valence-electron chi connectivity index (χ1n) is 5.97. The van der Waals surface area contributed by atoms with Gasteiger partial charge in [-0.1, -0.05) is 11.6 Å². The molecule has 1 saturated carbocycles. The van der Waals surface area contributed by atoms with Crippen LogP contribution in [0.3, 0.4) is 0 Å². The highest BCUT2D eigenvalue weighted by molar-refractivity contribution is 9.10. The number of nitrogens with one attached hydrogen (secondary N) is 1. The number of carbonyl (C=O) groups is 1. The van der Waals surface area contributed by atoms with E-state index >= 15 is 0 Å². The first-order chi connectivity index (χ1) is 9.12. The molecule has 8 heteroatoms. The highest BCUT2D eigenvalue weighted by atomic mass is 79.9. The third-order valence-corrected chi connectivity index (χ3v) is 5.60. The summed E-state index contributed by atoms with van der Waals surface area (Å²) in [6.45, 7) is 1.95. The van der Waals surface area contributed by atoms with Crippen molar-refractivity contribution < 1.29 is 13.2 Å². The summed E-state index contributed by atoms with van der Waals surface area (Å²) in [7, 11) is -3.90. The molecule has 5 nitrogen and oxygen atoms in total. The van der Waals surface area contributed by atoms with Crippen LogP contribution in [-0.2, 0) is 10.0 Å². The van der Waals surface area contributed by atoms with Gasteiger partial charge in [-0.2, -0.15) is 0 Å². The molecular formula is C12H14BrClN2O3S. The van der Waals surface area contributed by atoms with Crippen molar-refractivity contribution in [3.63, 3.8) is 0 Å². The van der Waals surface area contributed by atoms with Gasteiger partial charge in [-0.3, -0.25) is 4.79 Å². The Balaban J connectivity index is 2.40. The van der Waals surface area contributed by atoms with Crippen molar-refractivity contribution >= 4 is 43.5 Å². The molecule has 2 rings (SSSR count). The number of halogens is 2. The molecular weight excluding hydrogens is 368 g/mol. The zero-order valence-corrected chi connectivity index (χ0v) is 13.9. The lowest BCUT2D eigenvalue weighted by Gasteiger charge is -2.39. The second-order valence-corrected chi connectivity index (χ2v) is 7.97. The maximum atomic E-state index is 12.3. The number of rotatable bonds is 3. The van der Waals surface area contributed by atoms with Gasteiger partial charge in [-0.15, -0.1) is 0 Å². The molecule has 1 amide bonds. The molecule has 0 radical (unpaired) electrons. The van der Waals surface area contributed by atoms with Gasteiger partial charge in [-0.25, -0.2) is 13.6 Å². The summed E-state index contributed by atoms with van der Waals surface area (Å²) >= 11 is 9.19. The molecule has 0 spiro atoms. The quantitative estimate of drug-likeness (QED) is 0.842. The fourth-order valence-corrected chi connectivity index (χ4v) is 3.44. The van der Waals surface area contributed by atoms with Crippen molar-refractivity contribution in [2.75, 3.05) is 0 Å². The highest BCUT2D eigenvalue weighted by Crippen LogP contribution is 2.33. The van der Waals surface area contributed by atoms with Gasteiger partial charge in [0, 0.05) is 10.0 Å². The average molecular weight is 382 g/mol. The highest BCUT2D eigenvalue weighted by Gasteiger charge is 2.34. The summed E-state index contributed by atoms with van der Waals surface area (Å²) in [6.07, 6.45) is 2.85. The molecule has 0 aromatic heterocycles. The second-order valence-electron chi connectivity index (χ2n) is 5.18. The van der Waals surface area contributed by atoms with E-state index in [1.165, 1.54) is 12.1 Å². The fourth-order valence-electron chi connectivity index (χ4n) is 2.07. The molecule has 1 aliphatic rings. The van der Waals surface area contributed by atoms with Gasteiger partial charge in [0.25, 0.3) is 5.91 Å². The van der Waals surface area contributed by atoms with Crippen molar-refractivity contribution in [1.82, 2.24) is 5.32 Å². The monoisotopic (exact) mass is 380 g/mol. The summed E-state index contributed by atoms with van der Waals surface area (Å²) in [6, 6.07) is 2.47. The number of nitrogens with two attached hydrogens (primary N) is 1. The van der Waals surface area contributed by atoms with Crippen LogP contribution >= 0.6 is 27.5 Å². The Labute approximate surface area is 131 Å². The standard InChI is InChI=1S/C12H14BrClN2O3S/c1-12(3-2-4-12)16-11(17)8-5-7(20(15,18)19)6-9(13)10(8)14/h5-6H,2-4H2,1H3,(H,16,17)(H2,15,18,19). The van der Waals surface area contributed by atoms with Gasteiger partial charge < -0.3 is 5.32 Å². The zero-order valence-electron chi connectivity index (χ0n) is 10.7. The molecule has 1 aromatic carbocycles. The van der Waals surface area contributed by atoms with Crippen LogP contribution in [0.15, 0.2) is 21.5 Å². The molecule has 20 heavy (non-hydrogen) atoms. The van der Waals surface area contributed by atoms with Crippen molar-refractivity contribution in [3.8, 4) is 0 Å². The molecule has 1 fully saturated rings. The predicted octanol–water partition coefficient (Wildman–Crippen LogP) is 2.42. The summed E-state index contributed by atoms with van der Waals surface area (Å²) in [5, 5.41) is 8.13. The minimum Gasteiger partial charge on any atom is -0.347 e. The molecule has 0 atom stereocenters. The van der Waals surface area contributed by atoms with Gasteiger partial charge in [0.05, 0.1) is 15.5 Å². The number of benzene rings is 1. The van der Waals surface area contributed by atoms with E-state index < -0.39 is 15.9 Å². The number of hydrogen-bond acceptors (Lipinski definition) is 3.